The first-order chi connectivity index (χ1) is 16.9. The number of urea groups is 1. The van der Waals surface area contributed by atoms with Crippen LogP contribution >= 0.6 is 11.6 Å². The first-order valence-corrected chi connectivity index (χ1v) is 12.9. The number of rotatable bonds is 6. The summed E-state index contributed by atoms with van der Waals surface area (Å²) in [4.78, 5) is 44.0. The highest BCUT2D eigenvalue weighted by atomic mass is 35.5. The van der Waals surface area contributed by atoms with Crippen LogP contribution in [0.4, 0.5) is 4.79 Å². The Morgan fingerprint density at radius 2 is 1.91 bits per heavy atom. The van der Waals surface area contributed by atoms with Crippen molar-refractivity contribution in [2.24, 2.45) is 0 Å². The smallest absolute Gasteiger partial charge is 0.334 e. The SMILES string of the molecule is C#CCN1CC(=O)N2[C@@H](CC(C)Cl)C(=O)N(C3CCCCC3)C[C@@H]2N1C(=O)NCc1ccccc1. The molecule has 9 heteroatoms. The molecule has 1 aliphatic carbocycles. The van der Waals surface area contributed by atoms with E-state index in [1.54, 1.807) is 14.9 Å². The van der Waals surface area contributed by atoms with Gasteiger partial charge in [0, 0.05) is 18.0 Å². The molecule has 3 atom stereocenters. The Morgan fingerprint density at radius 3 is 2.57 bits per heavy atom. The number of amides is 4. The van der Waals surface area contributed by atoms with E-state index in [1.165, 1.54) is 6.42 Å². The monoisotopic (exact) mass is 499 g/mol. The maximum atomic E-state index is 13.7. The minimum atomic E-state index is -0.701. The van der Waals surface area contributed by atoms with E-state index in [9.17, 15) is 14.4 Å². The highest BCUT2D eigenvalue weighted by Crippen LogP contribution is 2.33. The number of hydrazine groups is 1. The van der Waals surface area contributed by atoms with Crippen molar-refractivity contribution < 1.29 is 14.4 Å². The van der Waals surface area contributed by atoms with Crippen molar-refractivity contribution in [1.29, 1.82) is 0 Å². The quantitative estimate of drug-likeness (QED) is 0.482. The van der Waals surface area contributed by atoms with E-state index < -0.39 is 12.2 Å². The summed E-state index contributed by atoms with van der Waals surface area (Å²) < 4.78 is 0. The Labute approximate surface area is 212 Å². The van der Waals surface area contributed by atoms with E-state index in [-0.39, 0.29) is 48.9 Å². The van der Waals surface area contributed by atoms with Crippen LogP contribution in [0.3, 0.4) is 0 Å². The number of hydrogen-bond acceptors (Lipinski definition) is 4. The Hall–Kier alpha value is -2.76. The predicted octanol–water partition coefficient (Wildman–Crippen LogP) is 2.78. The van der Waals surface area contributed by atoms with Crippen molar-refractivity contribution in [3.05, 3.63) is 35.9 Å². The normalized spacial score (nSPS) is 24.7. The zero-order valence-electron chi connectivity index (χ0n) is 20.2. The van der Waals surface area contributed by atoms with E-state index in [0.717, 1.165) is 31.2 Å². The molecule has 2 saturated heterocycles. The molecular weight excluding hydrogens is 466 g/mol. The van der Waals surface area contributed by atoms with Crippen LogP contribution in [-0.4, -0.2) is 80.9 Å². The standard InChI is InChI=1S/C26H34ClN5O3/c1-3-14-29-18-24(33)31-22(15-19(2)27)25(34)30(21-12-8-5-9-13-21)17-23(31)32(29)26(35)28-16-20-10-6-4-7-11-20/h1,4,6-7,10-11,19,21-23H,5,8-9,12-18H2,2H3,(H,28,35)/t19?,22-,23-/m0/s1. The number of nitrogens with zero attached hydrogens (tertiary/aromatic N) is 4. The Kier molecular flexibility index (Phi) is 8.19. The molecule has 188 valence electrons. The molecule has 3 aliphatic rings. The van der Waals surface area contributed by atoms with Crippen LogP contribution in [0, 0.1) is 12.3 Å². The average molecular weight is 500 g/mol. The highest BCUT2D eigenvalue weighted by molar-refractivity contribution is 6.20. The number of fused-ring (bicyclic) bond motifs is 1. The van der Waals surface area contributed by atoms with Crippen molar-refractivity contribution in [1.82, 2.24) is 25.1 Å². The topological polar surface area (TPSA) is 76.2 Å². The van der Waals surface area contributed by atoms with Crippen molar-refractivity contribution >= 4 is 29.4 Å². The number of carbonyl (C=O) groups excluding carboxylic acids is 3. The summed E-state index contributed by atoms with van der Waals surface area (Å²) in [5.74, 6) is 2.29. The van der Waals surface area contributed by atoms with Gasteiger partial charge < -0.3 is 15.1 Å². The largest absolute Gasteiger partial charge is 0.334 e. The molecule has 4 amide bonds. The second-order valence-corrected chi connectivity index (χ2v) is 10.4. The zero-order chi connectivity index (χ0) is 24.9. The second-order valence-electron chi connectivity index (χ2n) is 9.61. The van der Waals surface area contributed by atoms with Gasteiger partial charge in [-0.15, -0.1) is 18.0 Å². The van der Waals surface area contributed by atoms with E-state index in [2.05, 4.69) is 11.2 Å². The molecule has 0 radical (unpaired) electrons. The summed E-state index contributed by atoms with van der Waals surface area (Å²) in [6, 6.07) is 8.70. The molecular formula is C26H34ClN5O3. The molecule has 1 aromatic rings. The van der Waals surface area contributed by atoms with E-state index >= 15 is 0 Å². The number of halogens is 1. The Bertz CT molecular complexity index is 959. The lowest BCUT2D eigenvalue weighted by Crippen LogP contribution is -2.77. The number of terminal acetylenes is 1. The Morgan fingerprint density at radius 1 is 1.20 bits per heavy atom. The minimum Gasteiger partial charge on any atom is -0.334 e. The molecule has 0 aromatic heterocycles. The summed E-state index contributed by atoms with van der Waals surface area (Å²) >= 11 is 6.35. The lowest BCUT2D eigenvalue weighted by molar-refractivity contribution is -0.191. The lowest BCUT2D eigenvalue weighted by atomic mass is 9.91. The maximum absolute atomic E-state index is 13.7. The van der Waals surface area contributed by atoms with Crippen LogP contribution in [0.25, 0.3) is 0 Å². The van der Waals surface area contributed by atoms with Gasteiger partial charge in [0.1, 0.15) is 12.2 Å². The van der Waals surface area contributed by atoms with Gasteiger partial charge in [0.25, 0.3) is 0 Å². The maximum Gasteiger partial charge on any atom is 0.334 e. The van der Waals surface area contributed by atoms with Crippen molar-refractivity contribution in [3.8, 4) is 12.3 Å². The van der Waals surface area contributed by atoms with Gasteiger partial charge in [-0.2, -0.15) is 5.01 Å². The first-order valence-electron chi connectivity index (χ1n) is 12.5. The van der Waals surface area contributed by atoms with E-state index in [0.29, 0.717) is 13.0 Å². The van der Waals surface area contributed by atoms with Crippen LogP contribution in [-0.2, 0) is 16.1 Å². The predicted molar refractivity (Wildman–Crippen MR) is 134 cm³/mol. The van der Waals surface area contributed by atoms with Crippen molar-refractivity contribution in [2.75, 3.05) is 19.6 Å². The number of nitrogens with one attached hydrogen (secondary N) is 1. The van der Waals surface area contributed by atoms with E-state index in [4.69, 9.17) is 18.0 Å². The third-order valence-corrected chi connectivity index (χ3v) is 7.29. The van der Waals surface area contributed by atoms with Gasteiger partial charge in [-0.3, -0.25) is 9.59 Å². The number of carbonyl (C=O) groups is 3. The summed E-state index contributed by atoms with van der Waals surface area (Å²) in [6.45, 7) is 2.48. The molecule has 2 heterocycles. The minimum absolute atomic E-state index is 0.0657. The fourth-order valence-electron chi connectivity index (χ4n) is 5.51. The van der Waals surface area contributed by atoms with Crippen LogP contribution in [0.5, 0.6) is 0 Å². The number of hydrogen-bond donors (Lipinski definition) is 1. The number of benzene rings is 1. The second kappa shape index (κ2) is 11.3. The van der Waals surface area contributed by atoms with Crippen LogP contribution in [0.15, 0.2) is 30.3 Å². The van der Waals surface area contributed by atoms with Crippen LogP contribution in [0.1, 0.15) is 51.0 Å². The molecule has 35 heavy (non-hydrogen) atoms. The van der Waals surface area contributed by atoms with Gasteiger partial charge in [0.15, 0.2) is 0 Å². The molecule has 0 bridgehead atoms. The number of alkyl halides is 1. The van der Waals surface area contributed by atoms with E-state index in [1.807, 2.05) is 42.2 Å². The van der Waals surface area contributed by atoms with Gasteiger partial charge in [-0.25, -0.2) is 9.80 Å². The third-order valence-electron chi connectivity index (χ3n) is 7.11. The van der Waals surface area contributed by atoms with Gasteiger partial charge >= 0.3 is 6.03 Å². The number of piperazine rings is 1. The van der Waals surface area contributed by atoms with Crippen molar-refractivity contribution in [3.63, 3.8) is 0 Å². The lowest BCUT2D eigenvalue weighted by Gasteiger charge is -2.56. The molecule has 1 N–H and O–H groups in total. The zero-order valence-corrected chi connectivity index (χ0v) is 21.0. The molecule has 0 spiro atoms. The van der Waals surface area contributed by atoms with Crippen LogP contribution in [0.2, 0.25) is 0 Å². The Balaban J connectivity index is 1.65. The van der Waals surface area contributed by atoms with Gasteiger partial charge in [-0.05, 0) is 31.7 Å². The van der Waals surface area contributed by atoms with Crippen LogP contribution < -0.4 is 5.32 Å². The molecule has 3 fully saturated rings. The first kappa shape index (κ1) is 25.3. The average Bonchev–Trinajstić information content (AvgIpc) is 2.85. The summed E-state index contributed by atoms with van der Waals surface area (Å²) in [5.41, 5.74) is 0.964. The summed E-state index contributed by atoms with van der Waals surface area (Å²) in [5, 5.41) is 5.84. The molecule has 2 aliphatic heterocycles. The molecule has 1 unspecified atom stereocenters. The third kappa shape index (κ3) is 5.57. The fraction of sp³-hybridized carbons (Fsp3) is 0.577. The molecule has 1 aromatic carbocycles. The molecule has 8 nitrogen and oxygen atoms in total. The van der Waals surface area contributed by atoms with Gasteiger partial charge in [0.2, 0.25) is 11.8 Å². The van der Waals surface area contributed by atoms with Gasteiger partial charge in [0.05, 0.1) is 19.6 Å². The molecule has 1 saturated carbocycles. The van der Waals surface area contributed by atoms with Gasteiger partial charge in [-0.1, -0.05) is 55.5 Å². The van der Waals surface area contributed by atoms with Crippen molar-refractivity contribution in [2.45, 2.75) is 75.6 Å². The fourth-order valence-corrected chi connectivity index (χ4v) is 5.68. The summed E-state index contributed by atoms with van der Waals surface area (Å²) in [7, 11) is 0. The highest BCUT2D eigenvalue weighted by Gasteiger charge is 2.52. The molecule has 4 rings (SSSR count). The summed E-state index contributed by atoms with van der Waals surface area (Å²) in [6.07, 6.45) is 10.5.